The van der Waals surface area contributed by atoms with Crippen LogP contribution in [0, 0.1) is 0 Å². The van der Waals surface area contributed by atoms with Crippen LogP contribution in [0.5, 0.6) is 0 Å². The van der Waals surface area contributed by atoms with E-state index in [4.69, 9.17) is 5.73 Å². The maximum atomic E-state index is 11.3. The first kappa shape index (κ1) is 18.5. The van der Waals surface area contributed by atoms with E-state index in [1.54, 1.807) is 0 Å². The molecule has 3 N–H and O–H groups in total. The number of benzene rings is 2. The lowest BCUT2D eigenvalue weighted by molar-refractivity contribution is -0.114. The highest BCUT2D eigenvalue weighted by atomic mass is 16.1. The maximum absolute atomic E-state index is 11.3. The summed E-state index contributed by atoms with van der Waals surface area (Å²) in [5, 5.41) is 2.82. The summed E-state index contributed by atoms with van der Waals surface area (Å²) in [6.07, 6.45) is 3.18. The minimum atomic E-state index is -0.0833. The average molecular weight is 360 g/mol. The number of imidazole rings is 1. The van der Waals surface area contributed by atoms with E-state index in [1.165, 1.54) is 12.5 Å². The molecule has 0 aliphatic rings. The van der Waals surface area contributed by atoms with Crippen molar-refractivity contribution in [2.75, 3.05) is 5.32 Å². The molecule has 0 fully saturated rings. The summed E-state index contributed by atoms with van der Waals surface area (Å²) in [4.78, 5) is 15.9. The fourth-order valence-electron chi connectivity index (χ4n) is 3.09. The summed E-state index contributed by atoms with van der Waals surface area (Å²) in [5.74, 6) is -0.0833. The number of anilines is 1. The lowest BCUT2D eigenvalue weighted by atomic mass is 10.1. The third-order valence-electron chi connectivity index (χ3n) is 4.24. The molecule has 0 aliphatic carbocycles. The predicted octanol–water partition coefficient (Wildman–Crippen LogP) is 3.50. The summed E-state index contributed by atoms with van der Waals surface area (Å²) in [6.45, 7) is 6.02. The van der Waals surface area contributed by atoms with Gasteiger partial charge < -0.3 is 15.6 Å². The second kappa shape index (κ2) is 8.36. The number of carbonyl (C=O) groups excluding carboxylic acids is 1. The molecule has 0 radical (unpaired) electrons. The molecular weight excluding hydrogens is 336 g/mol. The van der Waals surface area contributed by atoms with E-state index in [0.29, 0.717) is 18.7 Å². The molecular formula is C22H24N4O. The fraction of sp³-hybridized carbons (Fsp3) is 0.182. The zero-order valence-electron chi connectivity index (χ0n) is 15.5. The number of nitrogens with one attached hydrogen (secondary N) is 1. The summed E-state index contributed by atoms with van der Waals surface area (Å²) in [5.41, 5.74) is 11.7. The van der Waals surface area contributed by atoms with Crippen molar-refractivity contribution in [1.82, 2.24) is 9.55 Å². The Morgan fingerprint density at radius 1 is 1.15 bits per heavy atom. The first-order valence-electron chi connectivity index (χ1n) is 8.88. The molecule has 1 heterocycles. The van der Waals surface area contributed by atoms with E-state index >= 15 is 0 Å². The average Bonchev–Trinajstić information content (AvgIpc) is 2.96. The SMILES string of the molecule is C=C(N)Cc1c(Cc2ccccc2)ncn1Cc1cccc(NC(C)=O)c1. The fourth-order valence-corrected chi connectivity index (χ4v) is 3.09. The van der Waals surface area contributed by atoms with Crippen LogP contribution in [0.25, 0.3) is 0 Å². The van der Waals surface area contributed by atoms with Crippen molar-refractivity contribution < 1.29 is 4.79 Å². The highest BCUT2D eigenvalue weighted by Crippen LogP contribution is 2.18. The number of rotatable bonds is 7. The Balaban J connectivity index is 1.86. The number of allylic oxidation sites excluding steroid dienone is 1. The van der Waals surface area contributed by atoms with Crippen LogP contribution in [0.4, 0.5) is 5.69 Å². The third-order valence-corrected chi connectivity index (χ3v) is 4.24. The minimum absolute atomic E-state index is 0.0833. The van der Waals surface area contributed by atoms with E-state index < -0.39 is 0 Å². The van der Waals surface area contributed by atoms with E-state index in [0.717, 1.165) is 29.1 Å². The van der Waals surface area contributed by atoms with Crippen LogP contribution in [0.1, 0.15) is 29.4 Å². The number of carbonyl (C=O) groups is 1. The van der Waals surface area contributed by atoms with Gasteiger partial charge in [-0.25, -0.2) is 4.98 Å². The van der Waals surface area contributed by atoms with Gasteiger partial charge in [0, 0.05) is 43.4 Å². The highest BCUT2D eigenvalue weighted by molar-refractivity contribution is 5.88. The first-order chi connectivity index (χ1) is 13.0. The Kier molecular flexibility index (Phi) is 5.71. The molecule has 2 aromatic carbocycles. The smallest absolute Gasteiger partial charge is 0.221 e. The number of amides is 1. The molecule has 138 valence electrons. The molecule has 0 atom stereocenters. The van der Waals surface area contributed by atoms with Crippen molar-refractivity contribution in [2.45, 2.75) is 26.3 Å². The molecule has 5 heteroatoms. The lowest BCUT2D eigenvalue weighted by Gasteiger charge is -2.12. The zero-order valence-corrected chi connectivity index (χ0v) is 15.5. The van der Waals surface area contributed by atoms with Gasteiger partial charge in [-0.05, 0) is 23.3 Å². The molecule has 27 heavy (non-hydrogen) atoms. The summed E-state index contributed by atoms with van der Waals surface area (Å²) < 4.78 is 2.10. The molecule has 0 aliphatic heterocycles. The van der Waals surface area contributed by atoms with Crippen molar-refractivity contribution in [1.29, 1.82) is 0 Å². The van der Waals surface area contributed by atoms with E-state index in [1.807, 2.05) is 48.8 Å². The van der Waals surface area contributed by atoms with Gasteiger partial charge in [-0.15, -0.1) is 0 Å². The number of hydrogen-bond donors (Lipinski definition) is 2. The number of hydrogen-bond acceptors (Lipinski definition) is 3. The second-order valence-electron chi connectivity index (χ2n) is 6.64. The van der Waals surface area contributed by atoms with E-state index in [-0.39, 0.29) is 5.91 Å². The van der Waals surface area contributed by atoms with Crippen LogP contribution in [-0.4, -0.2) is 15.5 Å². The van der Waals surface area contributed by atoms with Crippen molar-refractivity contribution >= 4 is 11.6 Å². The van der Waals surface area contributed by atoms with Crippen molar-refractivity contribution in [3.05, 3.63) is 95.7 Å². The van der Waals surface area contributed by atoms with Gasteiger partial charge in [0.2, 0.25) is 5.91 Å². The number of nitrogens with zero attached hydrogens (tertiary/aromatic N) is 2. The molecule has 3 rings (SSSR count). The van der Waals surface area contributed by atoms with Gasteiger partial charge in [-0.1, -0.05) is 49.0 Å². The molecule has 0 bridgehead atoms. The van der Waals surface area contributed by atoms with Gasteiger partial charge >= 0.3 is 0 Å². The van der Waals surface area contributed by atoms with Gasteiger partial charge in [0.25, 0.3) is 0 Å². The third kappa shape index (κ3) is 5.07. The van der Waals surface area contributed by atoms with Crippen LogP contribution >= 0.6 is 0 Å². The molecule has 0 unspecified atom stereocenters. The van der Waals surface area contributed by atoms with Crippen LogP contribution in [-0.2, 0) is 24.2 Å². The number of nitrogens with two attached hydrogens (primary N) is 1. The van der Waals surface area contributed by atoms with Gasteiger partial charge in [0.1, 0.15) is 0 Å². The van der Waals surface area contributed by atoms with Gasteiger partial charge in [-0.2, -0.15) is 0 Å². The monoisotopic (exact) mass is 360 g/mol. The quantitative estimate of drug-likeness (QED) is 0.677. The standard InChI is InChI=1S/C22H24N4O/c1-16(23)11-22-21(13-18-7-4-3-5-8-18)24-15-26(22)14-19-9-6-10-20(12-19)25-17(2)27/h3-10,12,15H,1,11,13-14,23H2,2H3,(H,25,27). The Morgan fingerprint density at radius 3 is 2.59 bits per heavy atom. The molecule has 3 aromatic rings. The molecule has 1 amide bonds. The second-order valence-corrected chi connectivity index (χ2v) is 6.64. The zero-order chi connectivity index (χ0) is 19.2. The van der Waals surface area contributed by atoms with Crippen molar-refractivity contribution in [3.63, 3.8) is 0 Å². The van der Waals surface area contributed by atoms with Crippen LogP contribution in [0.2, 0.25) is 0 Å². The highest BCUT2D eigenvalue weighted by Gasteiger charge is 2.13. The Labute approximate surface area is 159 Å². The largest absolute Gasteiger partial charge is 0.402 e. The first-order valence-corrected chi connectivity index (χ1v) is 8.88. The molecule has 5 nitrogen and oxygen atoms in total. The Hall–Kier alpha value is -3.34. The number of aromatic nitrogens is 2. The molecule has 0 spiro atoms. The summed E-state index contributed by atoms with van der Waals surface area (Å²) >= 11 is 0. The predicted molar refractivity (Wildman–Crippen MR) is 108 cm³/mol. The van der Waals surface area contributed by atoms with Crippen LogP contribution in [0.15, 0.2) is 73.2 Å². The van der Waals surface area contributed by atoms with Gasteiger partial charge in [-0.3, -0.25) is 4.79 Å². The van der Waals surface area contributed by atoms with E-state index in [2.05, 4.69) is 33.6 Å². The minimum Gasteiger partial charge on any atom is -0.402 e. The van der Waals surface area contributed by atoms with Gasteiger partial charge in [0.15, 0.2) is 0 Å². The maximum Gasteiger partial charge on any atom is 0.221 e. The van der Waals surface area contributed by atoms with E-state index in [9.17, 15) is 4.79 Å². The van der Waals surface area contributed by atoms with Gasteiger partial charge in [0.05, 0.1) is 12.0 Å². The molecule has 0 saturated carbocycles. The topological polar surface area (TPSA) is 72.9 Å². The van der Waals surface area contributed by atoms with Crippen molar-refractivity contribution in [3.8, 4) is 0 Å². The lowest BCUT2D eigenvalue weighted by Crippen LogP contribution is -2.10. The summed E-state index contributed by atoms with van der Waals surface area (Å²) in [7, 11) is 0. The summed E-state index contributed by atoms with van der Waals surface area (Å²) in [6, 6.07) is 18.1. The van der Waals surface area contributed by atoms with Crippen molar-refractivity contribution in [2.24, 2.45) is 5.73 Å². The Morgan fingerprint density at radius 2 is 1.89 bits per heavy atom. The van der Waals surface area contributed by atoms with Crippen LogP contribution < -0.4 is 11.1 Å². The molecule has 1 aromatic heterocycles. The molecule has 0 saturated heterocycles. The Bertz CT molecular complexity index is 944. The van der Waals surface area contributed by atoms with Crippen LogP contribution in [0.3, 0.4) is 0 Å². The normalized spacial score (nSPS) is 10.6.